The van der Waals surface area contributed by atoms with Gasteiger partial charge in [-0.05, 0) is 59.2 Å². The van der Waals surface area contributed by atoms with Crippen LogP contribution < -0.4 is 10.6 Å². The normalized spacial score (nSPS) is 17.9. The van der Waals surface area contributed by atoms with Crippen LogP contribution >= 0.6 is 22.6 Å². The standard InChI is InChI=1S/C16H15IN2O/c17-12-6-2-4-8-14(12)18-15-10-9-11-5-1-3-7-13(11)19-16(15)20/h1-8,15,18H,9-10H2,(H,19,20). The maximum atomic E-state index is 12.3. The Labute approximate surface area is 131 Å². The number of aryl methyl sites for hydroxylation is 1. The van der Waals surface area contributed by atoms with Crippen LogP contribution in [0.4, 0.5) is 11.4 Å². The van der Waals surface area contributed by atoms with Gasteiger partial charge in [0.05, 0.1) is 0 Å². The average molecular weight is 378 g/mol. The van der Waals surface area contributed by atoms with Crippen LogP contribution in [0.2, 0.25) is 0 Å². The van der Waals surface area contributed by atoms with Crippen LogP contribution in [0.1, 0.15) is 12.0 Å². The first kappa shape index (κ1) is 13.4. The number of amides is 1. The van der Waals surface area contributed by atoms with Crippen LogP contribution in [-0.4, -0.2) is 11.9 Å². The second kappa shape index (κ2) is 5.83. The number of carbonyl (C=O) groups is 1. The minimum absolute atomic E-state index is 0.0367. The highest BCUT2D eigenvalue weighted by Gasteiger charge is 2.23. The summed E-state index contributed by atoms with van der Waals surface area (Å²) in [7, 11) is 0. The fourth-order valence-electron chi connectivity index (χ4n) is 2.41. The zero-order valence-electron chi connectivity index (χ0n) is 10.9. The van der Waals surface area contributed by atoms with E-state index in [9.17, 15) is 4.79 Å². The summed E-state index contributed by atoms with van der Waals surface area (Å²) >= 11 is 2.28. The lowest BCUT2D eigenvalue weighted by Crippen LogP contribution is -2.33. The topological polar surface area (TPSA) is 41.1 Å². The molecule has 0 saturated carbocycles. The Balaban J connectivity index is 1.80. The highest BCUT2D eigenvalue weighted by atomic mass is 127. The van der Waals surface area contributed by atoms with E-state index in [-0.39, 0.29) is 11.9 Å². The molecule has 4 heteroatoms. The summed E-state index contributed by atoms with van der Waals surface area (Å²) in [5.41, 5.74) is 3.15. The molecule has 1 heterocycles. The third kappa shape index (κ3) is 2.80. The molecule has 3 nitrogen and oxygen atoms in total. The molecule has 0 saturated heterocycles. The maximum absolute atomic E-state index is 12.3. The molecule has 102 valence electrons. The Morgan fingerprint density at radius 3 is 2.70 bits per heavy atom. The van der Waals surface area contributed by atoms with Crippen molar-refractivity contribution < 1.29 is 4.79 Å². The predicted octanol–water partition coefficient (Wildman–Crippen LogP) is 3.66. The van der Waals surface area contributed by atoms with Gasteiger partial charge in [0, 0.05) is 14.9 Å². The van der Waals surface area contributed by atoms with E-state index in [2.05, 4.69) is 39.3 Å². The summed E-state index contributed by atoms with van der Waals surface area (Å²) in [6, 6.07) is 15.8. The molecule has 1 atom stereocenters. The fourth-order valence-corrected chi connectivity index (χ4v) is 2.96. The van der Waals surface area contributed by atoms with E-state index in [1.807, 2.05) is 42.5 Å². The molecule has 3 rings (SSSR count). The molecule has 0 fully saturated rings. The van der Waals surface area contributed by atoms with Crippen molar-refractivity contribution in [2.24, 2.45) is 0 Å². The molecule has 2 N–H and O–H groups in total. The number of benzene rings is 2. The van der Waals surface area contributed by atoms with Crippen LogP contribution in [0.3, 0.4) is 0 Å². The SMILES string of the molecule is O=C1Nc2ccccc2CCC1Nc1ccccc1I. The summed E-state index contributed by atoms with van der Waals surface area (Å²) in [6.45, 7) is 0. The zero-order chi connectivity index (χ0) is 13.9. The lowest BCUT2D eigenvalue weighted by Gasteiger charge is -2.17. The number of rotatable bonds is 2. The van der Waals surface area contributed by atoms with Crippen molar-refractivity contribution in [3.05, 3.63) is 57.7 Å². The van der Waals surface area contributed by atoms with Crippen LogP contribution in [-0.2, 0) is 11.2 Å². The number of nitrogens with one attached hydrogen (secondary N) is 2. The van der Waals surface area contributed by atoms with E-state index in [1.165, 1.54) is 5.56 Å². The Hall–Kier alpha value is -1.56. The number of fused-ring (bicyclic) bond motifs is 1. The van der Waals surface area contributed by atoms with Gasteiger partial charge in [0.2, 0.25) is 5.91 Å². The molecule has 0 spiro atoms. The molecule has 0 aromatic heterocycles. The van der Waals surface area contributed by atoms with Gasteiger partial charge in [-0.15, -0.1) is 0 Å². The fraction of sp³-hybridized carbons (Fsp3) is 0.188. The van der Waals surface area contributed by atoms with Crippen LogP contribution in [0.15, 0.2) is 48.5 Å². The monoisotopic (exact) mass is 378 g/mol. The second-order valence-electron chi connectivity index (χ2n) is 4.86. The molecule has 0 radical (unpaired) electrons. The molecular weight excluding hydrogens is 363 g/mol. The van der Waals surface area contributed by atoms with Crippen molar-refractivity contribution in [2.75, 3.05) is 10.6 Å². The van der Waals surface area contributed by atoms with Gasteiger partial charge < -0.3 is 10.6 Å². The molecule has 2 aromatic rings. The third-order valence-corrected chi connectivity index (χ3v) is 4.44. The summed E-state index contributed by atoms with van der Waals surface area (Å²) in [5.74, 6) is 0.0367. The van der Waals surface area contributed by atoms with Crippen LogP contribution in [0.5, 0.6) is 0 Å². The van der Waals surface area contributed by atoms with Crippen molar-refractivity contribution in [1.82, 2.24) is 0 Å². The number of hydrogen-bond donors (Lipinski definition) is 2. The number of halogens is 1. The Bertz CT molecular complexity index is 642. The molecule has 1 aliphatic rings. The van der Waals surface area contributed by atoms with E-state index in [0.29, 0.717) is 0 Å². The maximum Gasteiger partial charge on any atom is 0.246 e. The molecule has 1 aliphatic heterocycles. The van der Waals surface area contributed by atoms with E-state index in [1.54, 1.807) is 0 Å². The van der Waals surface area contributed by atoms with Crippen LogP contribution in [0, 0.1) is 3.57 Å². The molecule has 20 heavy (non-hydrogen) atoms. The summed E-state index contributed by atoms with van der Waals surface area (Å²) in [6.07, 6.45) is 1.70. The summed E-state index contributed by atoms with van der Waals surface area (Å²) in [5, 5.41) is 6.36. The quantitative estimate of drug-likeness (QED) is 0.784. The third-order valence-electron chi connectivity index (χ3n) is 3.50. The van der Waals surface area contributed by atoms with Crippen molar-refractivity contribution >= 4 is 39.9 Å². The smallest absolute Gasteiger partial charge is 0.246 e. The molecule has 2 aromatic carbocycles. The average Bonchev–Trinajstić information content (AvgIpc) is 2.61. The van der Waals surface area contributed by atoms with Crippen molar-refractivity contribution in [3.63, 3.8) is 0 Å². The highest BCUT2D eigenvalue weighted by molar-refractivity contribution is 14.1. The van der Waals surface area contributed by atoms with Gasteiger partial charge in [-0.25, -0.2) is 0 Å². The minimum Gasteiger partial charge on any atom is -0.373 e. The van der Waals surface area contributed by atoms with Gasteiger partial charge in [-0.2, -0.15) is 0 Å². The van der Waals surface area contributed by atoms with Gasteiger partial charge >= 0.3 is 0 Å². The van der Waals surface area contributed by atoms with Crippen molar-refractivity contribution in [1.29, 1.82) is 0 Å². The molecular formula is C16H15IN2O. The molecule has 0 bridgehead atoms. The summed E-state index contributed by atoms with van der Waals surface area (Å²) in [4.78, 5) is 12.3. The summed E-state index contributed by atoms with van der Waals surface area (Å²) < 4.78 is 1.12. The van der Waals surface area contributed by atoms with Gasteiger partial charge in [0.15, 0.2) is 0 Å². The van der Waals surface area contributed by atoms with E-state index >= 15 is 0 Å². The number of para-hydroxylation sites is 2. The second-order valence-corrected chi connectivity index (χ2v) is 6.02. The lowest BCUT2D eigenvalue weighted by atomic mass is 10.1. The van der Waals surface area contributed by atoms with Gasteiger partial charge in [0.1, 0.15) is 6.04 Å². The lowest BCUT2D eigenvalue weighted by molar-refractivity contribution is -0.116. The first-order chi connectivity index (χ1) is 9.74. The minimum atomic E-state index is -0.196. The largest absolute Gasteiger partial charge is 0.373 e. The first-order valence-corrected chi connectivity index (χ1v) is 7.72. The number of hydrogen-bond acceptors (Lipinski definition) is 2. The highest BCUT2D eigenvalue weighted by Crippen LogP contribution is 2.24. The van der Waals surface area contributed by atoms with E-state index < -0.39 is 0 Å². The Kier molecular flexibility index (Phi) is 3.91. The zero-order valence-corrected chi connectivity index (χ0v) is 13.1. The molecule has 1 amide bonds. The van der Waals surface area contributed by atoms with Crippen molar-refractivity contribution in [3.8, 4) is 0 Å². The number of carbonyl (C=O) groups excluding carboxylic acids is 1. The molecule has 1 unspecified atom stereocenters. The van der Waals surface area contributed by atoms with Crippen LogP contribution in [0.25, 0.3) is 0 Å². The first-order valence-electron chi connectivity index (χ1n) is 6.64. The van der Waals surface area contributed by atoms with Gasteiger partial charge in [0.25, 0.3) is 0 Å². The van der Waals surface area contributed by atoms with E-state index in [4.69, 9.17) is 0 Å². The predicted molar refractivity (Wildman–Crippen MR) is 90.0 cm³/mol. The van der Waals surface area contributed by atoms with Gasteiger partial charge in [-0.1, -0.05) is 30.3 Å². The van der Waals surface area contributed by atoms with E-state index in [0.717, 1.165) is 27.8 Å². The Morgan fingerprint density at radius 1 is 1.10 bits per heavy atom. The van der Waals surface area contributed by atoms with Gasteiger partial charge in [-0.3, -0.25) is 4.79 Å². The van der Waals surface area contributed by atoms with Crippen molar-refractivity contribution in [2.45, 2.75) is 18.9 Å². The number of anilines is 2. The Morgan fingerprint density at radius 2 is 1.85 bits per heavy atom. The molecule has 0 aliphatic carbocycles.